The number of carbonyl (C=O) groups excluding carboxylic acids is 1. The van der Waals surface area contributed by atoms with Gasteiger partial charge in [0.05, 0.1) is 0 Å². The smallest absolute Gasteiger partial charge is 0.270 e. The van der Waals surface area contributed by atoms with E-state index in [1.54, 1.807) is 6.92 Å². The Morgan fingerprint density at radius 3 is 2.58 bits per heavy atom. The number of anilines is 1. The molecule has 3 aromatic rings. The predicted octanol–water partition coefficient (Wildman–Crippen LogP) is 4.07. The van der Waals surface area contributed by atoms with Gasteiger partial charge in [-0.15, -0.1) is 0 Å². The second-order valence-corrected chi connectivity index (χ2v) is 6.19. The first kappa shape index (κ1) is 17.7. The molecule has 1 aromatic heterocycles. The fraction of sp³-hybridized carbons (Fsp3) is 0.250. The molecular weight excluding hydrogens is 330 g/mol. The monoisotopic (exact) mass is 351 g/mol. The van der Waals surface area contributed by atoms with Crippen molar-refractivity contribution in [2.45, 2.75) is 33.8 Å². The Hall–Kier alpha value is -3.15. The van der Waals surface area contributed by atoms with E-state index in [2.05, 4.69) is 15.5 Å². The van der Waals surface area contributed by atoms with E-state index >= 15 is 0 Å². The predicted molar refractivity (Wildman–Crippen MR) is 99.1 cm³/mol. The van der Waals surface area contributed by atoms with Crippen LogP contribution in [0.4, 0.5) is 5.95 Å². The number of carbonyl (C=O) groups is 1. The van der Waals surface area contributed by atoms with E-state index in [0.717, 1.165) is 22.3 Å². The first-order valence-corrected chi connectivity index (χ1v) is 8.39. The van der Waals surface area contributed by atoms with E-state index in [9.17, 15) is 4.79 Å². The van der Waals surface area contributed by atoms with Crippen molar-refractivity contribution in [3.63, 3.8) is 0 Å². The molecule has 0 saturated carbocycles. The molecule has 1 heterocycles. The number of hydrogen-bond acceptors (Lipinski definition) is 5. The molecule has 1 atom stereocenters. The lowest BCUT2D eigenvalue weighted by atomic mass is 10.1. The van der Waals surface area contributed by atoms with Crippen LogP contribution in [0.1, 0.15) is 23.6 Å². The van der Waals surface area contributed by atoms with Crippen molar-refractivity contribution in [2.24, 2.45) is 0 Å². The average molecular weight is 351 g/mol. The van der Waals surface area contributed by atoms with Gasteiger partial charge in [0.2, 0.25) is 0 Å². The van der Waals surface area contributed by atoms with Gasteiger partial charge in [-0.2, -0.15) is 4.98 Å². The number of nitrogens with one attached hydrogen (secondary N) is 1. The molecule has 1 unspecified atom stereocenters. The zero-order chi connectivity index (χ0) is 18.7. The summed E-state index contributed by atoms with van der Waals surface area (Å²) in [5.74, 6) is 0.815. The second-order valence-electron chi connectivity index (χ2n) is 6.19. The van der Waals surface area contributed by atoms with Gasteiger partial charge in [-0.1, -0.05) is 30.3 Å². The maximum absolute atomic E-state index is 12.4. The molecule has 0 aliphatic rings. The zero-order valence-corrected chi connectivity index (χ0v) is 15.2. The first-order valence-electron chi connectivity index (χ1n) is 8.39. The van der Waals surface area contributed by atoms with Crippen LogP contribution in [0.15, 0.2) is 47.0 Å². The fourth-order valence-electron chi connectivity index (χ4n) is 2.50. The van der Waals surface area contributed by atoms with E-state index in [0.29, 0.717) is 11.6 Å². The van der Waals surface area contributed by atoms with Gasteiger partial charge < -0.3 is 9.26 Å². The van der Waals surface area contributed by atoms with Crippen LogP contribution >= 0.6 is 0 Å². The summed E-state index contributed by atoms with van der Waals surface area (Å²) in [7, 11) is 0. The second kappa shape index (κ2) is 7.39. The van der Waals surface area contributed by atoms with Crippen LogP contribution in [0.3, 0.4) is 0 Å². The number of aromatic nitrogens is 2. The number of rotatable bonds is 5. The van der Waals surface area contributed by atoms with Crippen molar-refractivity contribution >= 4 is 11.9 Å². The third-order valence-electron chi connectivity index (χ3n) is 4.26. The van der Waals surface area contributed by atoms with Crippen molar-refractivity contribution < 1.29 is 14.1 Å². The SMILES string of the molecule is Cc1ccccc1-c1nc(NC(=O)C(C)Oc2cccc(C)c2C)no1. The largest absolute Gasteiger partial charge is 0.481 e. The van der Waals surface area contributed by atoms with Gasteiger partial charge in [0.25, 0.3) is 17.7 Å². The highest BCUT2D eigenvalue weighted by atomic mass is 16.5. The minimum atomic E-state index is -0.698. The molecular formula is C20H21N3O3. The molecule has 0 saturated heterocycles. The van der Waals surface area contributed by atoms with E-state index in [1.807, 2.05) is 63.2 Å². The van der Waals surface area contributed by atoms with Crippen molar-refractivity contribution in [3.8, 4) is 17.2 Å². The molecule has 26 heavy (non-hydrogen) atoms. The topological polar surface area (TPSA) is 77.2 Å². The van der Waals surface area contributed by atoms with Crippen LogP contribution in [-0.4, -0.2) is 22.2 Å². The Labute approximate surface area is 152 Å². The van der Waals surface area contributed by atoms with Crippen molar-refractivity contribution in [1.29, 1.82) is 0 Å². The summed E-state index contributed by atoms with van der Waals surface area (Å²) in [6.45, 7) is 7.60. The summed E-state index contributed by atoms with van der Waals surface area (Å²) in [5.41, 5.74) is 3.96. The number of ether oxygens (including phenoxy) is 1. The number of nitrogens with zero attached hydrogens (tertiary/aromatic N) is 2. The molecule has 1 amide bonds. The Balaban J connectivity index is 1.68. The Morgan fingerprint density at radius 2 is 1.81 bits per heavy atom. The quantitative estimate of drug-likeness (QED) is 0.750. The Bertz CT molecular complexity index is 934. The standard InChI is InChI=1S/C20H21N3O3/c1-12-9-7-11-17(14(12)3)25-15(4)18(24)21-20-22-19(26-23-20)16-10-6-5-8-13(16)2/h5-11,15H,1-4H3,(H,21,23,24). The van der Waals surface area contributed by atoms with Gasteiger partial charge in [0, 0.05) is 5.56 Å². The molecule has 0 spiro atoms. The zero-order valence-electron chi connectivity index (χ0n) is 15.2. The highest BCUT2D eigenvalue weighted by molar-refractivity contribution is 5.92. The lowest BCUT2D eigenvalue weighted by molar-refractivity contribution is -0.122. The molecule has 0 aliphatic heterocycles. The lowest BCUT2D eigenvalue weighted by Crippen LogP contribution is -2.30. The average Bonchev–Trinajstić information content (AvgIpc) is 3.07. The number of benzene rings is 2. The van der Waals surface area contributed by atoms with Crippen molar-refractivity contribution in [1.82, 2.24) is 10.1 Å². The number of hydrogen-bond donors (Lipinski definition) is 1. The summed E-state index contributed by atoms with van der Waals surface area (Å²) in [6, 6.07) is 13.4. The lowest BCUT2D eigenvalue weighted by Gasteiger charge is -2.16. The maximum Gasteiger partial charge on any atom is 0.270 e. The van der Waals surface area contributed by atoms with Gasteiger partial charge in [0.15, 0.2) is 6.10 Å². The Morgan fingerprint density at radius 1 is 1.08 bits per heavy atom. The molecule has 0 radical (unpaired) electrons. The highest BCUT2D eigenvalue weighted by Crippen LogP contribution is 2.23. The normalized spacial score (nSPS) is 11.8. The third kappa shape index (κ3) is 3.74. The summed E-state index contributed by atoms with van der Waals surface area (Å²) in [4.78, 5) is 16.6. The van der Waals surface area contributed by atoms with E-state index in [1.165, 1.54) is 0 Å². The minimum absolute atomic E-state index is 0.115. The number of amides is 1. The van der Waals surface area contributed by atoms with Crippen LogP contribution in [0.5, 0.6) is 5.75 Å². The van der Waals surface area contributed by atoms with E-state index in [-0.39, 0.29) is 11.9 Å². The van der Waals surface area contributed by atoms with Gasteiger partial charge in [-0.05, 0) is 61.7 Å². The highest BCUT2D eigenvalue weighted by Gasteiger charge is 2.19. The number of aryl methyl sites for hydroxylation is 2. The van der Waals surface area contributed by atoms with Crippen LogP contribution in [0.25, 0.3) is 11.5 Å². The van der Waals surface area contributed by atoms with Crippen molar-refractivity contribution in [3.05, 3.63) is 59.2 Å². The fourth-order valence-corrected chi connectivity index (χ4v) is 2.50. The molecule has 6 nitrogen and oxygen atoms in total. The first-order chi connectivity index (χ1) is 12.5. The molecule has 3 rings (SSSR count). The maximum atomic E-state index is 12.4. The molecule has 0 aliphatic carbocycles. The summed E-state index contributed by atoms with van der Waals surface area (Å²) >= 11 is 0. The summed E-state index contributed by atoms with van der Waals surface area (Å²) in [5, 5.41) is 6.45. The van der Waals surface area contributed by atoms with E-state index < -0.39 is 6.10 Å². The molecule has 0 bridgehead atoms. The third-order valence-corrected chi connectivity index (χ3v) is 4.26. The van der Waals surface area contributed by atoms with Crippen LogP contribution < -0.4 is 10.1 Å². The molecule has 6 heteroatoms. The van der Waals surface area contributed by atoms with Crippen LogP contribution in [0.2, 0.25) is 0 Å². The Kier molecular flexibility index (Phi) is 5.02. The van der Waals surface area contributed by atoms with Crippen LogP contribution in [-0.2, 0) is 4.79 Å². The molecule has 134 valence electrons. The van der Waals surface area contributed by atoms with Crippen molar-refractivity contribution in [2.75, 3.05) is 5.32 Å². The molecule has 0 fully saturated rings. The molecule has 1 N–H and O–H groups in total. The van der Waals surface area contributed by atoms with Crippen LogP contribution in [0, 0.1) is 20.8 Å². The van der Waals surface area contributed by atoms with Gasteiger partial charge in [-0.25, -0.2) is 0 Å². The minimum Gasteiger partial charge on any atom is -0.481 e. The summed E-state index contributed by atoms with van der Waals surface area (Å²) in [6.07, 6.45) is -0.698. The van der Waals surface area contributed by atoms with Gasteiger partial charge >= 0.3 is 0 Å². The summed E-state index contributed by atoms with van der Waals surface area (Å²) < 4.78 is 11.0. The van der Waals surface area contributed by atoms with Gasteiger partial charge in [-0.3, -0.25) is 10.1 Å². The van der Waals surface area contributed by atoms with E-state index in [4.69, 9.17) is 9.26 Å². The van der Waals surface area contributed by atoms with Gasteiger partial charge in [0.1, 0.15) is 5.75 Å². The molecule has 2 aromatic carbocycles.